The summed E-state index contributed by atoms with van der Waals surface area (Å²) >= 11 is 0. The Balaban J connectivity index is 1.59. The standard InChI is InChI=1S/C20H22N8O/c1-12(2)16-24-25-17-13(3)26(9-10-27(16)17)20-22-18-15(19(29)23-20)11-21-28(18)14-7-5-4-6-8-14/h4-8,11-13H,9-10H2,1-3H3,(H,22,23,29). The van der Waals surface area contributed by atoms with Gasteiger partial charge in [-0.1, -0.05) is 32.0 Å². The van der Waals surface area contributed by atoms with Gasteiger partial charge in [-0.05, 0) is 19.1 Å². The van der Waals surface area contributed by atoms with E-state index in [0.717, 1.165) is 23.9 Å². The van der Waals surface area contributed by atoms with Gasteiger partial charge < -0.3 is 9.47 Å². The first-order chi connectivity index (χ1) is 14.0. The van der Waals surface area contributed by atoms with Crippen molar-refractivity contribution in [3.8, 4) is 5.69 Å². The zero-order valence-electron chi connectivity index (χ0n) is 16.6. The molecule has 9 heteroatoms. The Kier molecular flexibility index (Phi) is 3.97. The van der Waals surface area contributed by atoms with Gasteiger partial charge in [0.25, 0.3) is 5.56 Å². The maximum absolute atomic E-state index is 12.7. The molecule has 4 aromatic rings. The van der Waals surface area contributed by atoms with Crippen LogP contribution in [0, 0.1) is 0 Å². The average Bonchev–Trinajstić information content (AvgIpc) is 3.34. The summed E-state index contributed by atoms with van der Waals surface area (Å²) in [6.45, 7) is 7.75. The third-order valence-corrected chi connectivity index (χ3v) is 5.43. The zero-order valence-corrected chi connectivity index (χ0v) is 16.6. The molecule has 148 valence electrons. The molecule has 3 aromatic heterocycles. The highest BCUT2D eigenvalue weighted by atomic mass is 16.1. The van der Waals surface area contributed by atoms with Crippen molar-refractivity contribution >= 4 is 17.0 Å². The van der Waals surface area contributed by atoms with Crippen LogP contribution in [0.15, 0.2) is 41.3 Å². The van der Waals surface area contributed by atoms with Crippen molar-refractivity contribution in [2.45, 2.75) is 39.3 Å². The quantitative estimate of drug-likeness (QED) is 0.577. The first-order valence-electron chi connectivity index (χ1n) is 9.77. The predicted octanol–water partition coefficient (Wildman–Crippen LogP) is 2.40. The molecule has 0 spiro atoms. The van der Waals surface area contributed by atoms with Gasteiger partial charge in [-0.25, -0.2) is 4.68 Å². The van der Waals surface area contributed by atoms with Crippen molar-refractivity contribution in [1.82, 2.24) is 34.5 Å². The average molecular weight is 390 g/mol. The third-order valence-electron chi connectivity index (χ3n) is 5.43. The fourth-order valence-corrected chi connectivity index (χ4v) is 3.92. The predicted molar refractivity (Wildman–Crippen MR) is 109 cm³/mol. The number of aromatic nitrogens is 7. The molecule has 1 unspecified atom stereocenters. The van der Waals surface area contributed by atoms with E-state index in [4.69, 9.17) is 4.98 Å². The molecule has 0 amide bonds. The van der Waals surface area contributed by atoms with Gasteiger partial charge in [-0.3, -0.25) is 9.78 Å². The lowest BCUT2D eigenvalue weighted by molar-refractivity contribution is 0.473. The van der Waals surface area contributed by atoms with Gasteiger partial charge in [-0.2, -0.15) is 10.1 Å². The summed E-state index contributed by atoms with van der Waals surface area (Å²) in [7, 11) is 0. The number of nitrogens with one attached hydrogen (secondary N) is 1. The molecule has 1 atom stereocenters. The van der Waals surface area contributed by atoms with Crippen LogP contribution in [0.4, 0.5) is 5.95 Å². The number of para-hydroxylation sites is 1. The van der Waals surface area contributed by atoms with Crippen molar-refractivity contribution in [3.05, 3.63) is 58.5 Å². The summed E-state index contributed by atoms with van der Waals surface area (Å²) in [4.78, 5) is 22.5. The SMILES string of the molecule is CC(C)c1nnc2n1CCN(c1nc3c(cnn3-c3ccccc3)c(=O)[nH]1)C2C. The molecule has 0 radical (unpaired) electrons. The maximum Gasteiger partial charge on any atom is 0.263 e. The van der Waals surface area contributed by atoms with Crippen LogP contribution in [0.1, 0.15) is 44.4 Å². The van der Waals surface area contributed by atoms with E-state index < -0.39 is 0 Å². The molecule has 1 aliphatic heterocycles. The van der Waals surface area contributed by atoms with Crippen LogP contribution in [0.25, 0.3) is 16.7 Å². The molecule has 4 heterocycles. The van der Waals surface area contributed by atoms with Gasteiger partial charge in [0.1, 0.15) is 11.2 Å². The second-order valence-electron chi connectivity index (χ2n) is 7.61. The van der Waals surface area contributed by atoms with Crippen molar-refractivity contribution in [1.29, 1.82) is 0 Å². The smallest absolute Gasteiger partial charge is 0.263 e. The third kappa shape index (κ3) is 2.72. The lowest BCUT2D eigenvalue weighted by Crippen LogP contribution is -2.39. The lowest BCUT2D eigenvalue weighted by atomic mass is 10.1. The van der Waals surface area contributed by atoms with Crippen LogP contribution in [0.2, 0.25) is 0 Å². The van der Waals surface area contributed by atoms with Crippen LogP contribution in [-0.2, 0) is 6.54 Å². The fraction of sp³-hybridized carbons (Fsp3) is 0.350. The maximum atomic E-state index is 12.7. The number of aromatic amines is 1. The Bertz CT molecular complexity index is 1240. The van der Waals surface area contributed by atoms with E-state index in [1.54, 1.807) is 10.9 Å². The van der Waals surface area contributed by atoms with Crippen LogP contribution in [-0.4, -0.2) is 41.1 Å². The van der Waals surface area contributed by atoms with Gasteiger partial charge >= 0.3 is 0 Å². The molecule has 5 rings (SSSR count). The summed E-state index contributed by atoms with van der Waals surface area (Å²) in [5.41, 5.74) is 1.20. The highest BCUT2D eigenvalue weighted by molar-refractivity contribution is 5.76. The second kappa shape index (κ2) is 6.54. The highest BCUT2D eigenvalue weighted by Crippen LogP contribution is 2.29. The number of rotatable bonds is 3. The molecule has 0 saturated carbocycles. The number of hydrogen-bond acceptors (Lipinski definition) is 6. The molecular formula is C20H22N8O. The van der Waals surface area contributed by atoms with Gasteiger partial charge in [0, 0.05) is 19.0 Å². The minimum Gasteiger partial charge on any atom is -0.331 e. The molecule has 0 saturated heterocycles. The zero-order chi connectivity index (χ0) is 20.1. The summed E-state index contributed by atoms with van der Waals surface area (Å²) in [6.07, 6.45) is 1.56. The van der Waals surface area contributed by atoms with Crippen molar-refractivity contribution in [2.75, 3.05) is 11.4 Å². The monoisotopic (exact) mass is 390 g/mol. The van der Waals surface area contributed by atoms with E-state index in [2.05, 4.69) is 50.5 Å². The summed E-state index contributed by atoms with van der Waals surface area (Å²) in [5.74, 6) is 2.71. The minimum absolute atomic E-state index is 0.0579. The normalized spacial score (nSPS) is 16.6. The van der Waals surface area contributed by atoms with E-state index in [1.807, 2.05) is 30.3 Å². The summed E-state index contributed by atoms with van der Waals surface area (Å²) in [6, 6.07) is 9.63. The number of fused-ring (bicyclic) bond motifs is 2. The molecule has 9 nitrogen and oxygen atoms in total. The fourth-order valence-electron chi connectivity index (χ4n) is 3.92. The van der Waals surface area contributed by atoms with Gasteiger partial charge in [0.05, 0.1) is 17.9 Å². The molecule has 1 aliphatic rings. The van der Waals surface area contributed by atoms with E-state index in [-0.39, 0.29) is 11.6 Å². The van der Waals surface area contributed by atoms with E-state index >= 15 is 0 Å². The topological polar surface area (TPSA) is 97.5 Å². The molecule has 0 bridgehead atoms. The molecule has 29 heavy (non-hydrogen) atoms. The number of anilines is 1. The van der Waals surface area contributed by atoms with E-state index in [1.165, 1.54) is 0 Å². The number of benzene rings is 1. The van der Waals surface area contributed by atoms with Crippen molar-refractivity contribution in [2.24, 2.45) is 0 Å². The Labute approximate surface area is 167 Å². The Hall–Kier alpha value is -3.49. The molecule has 1 N–H and O–H groups in total. The summed E-state index contributed by atoms with van der Waals surface area (Å²) in [5, 5.41) is 13.6. The lowest BCUT2D eigenvalue weighted by Gasteiger charge is -2.34. The first-order valence-corrected chi connectivity index (χ1v) is 9.77. The molecule has 0 aliphatic carbocycles. The second-order valence-corrected chi connectivity index (χ2v) is 7.61. The van der Waals surface area contributed by atoms with Crippen LogP contribution < -0.4 is 10.5 Å². The van der Waals surface area contributed by atoms with Gasteiger partial charge in [0.2, 0.25) is 5.95 Å². The van der Waals surface area contributed by atoms with Crippen LogP contribution in [0.5, 0.6) is 0 Å². The van der Waals surface area contributed by atoms with E-state index in [9.17, 15) is 4.79 Å². The summed E-state index contributed by atoms with van der Waals surface area (Å²) < 4.78 is 3.87. The Morgan fingerprint density at radius 3 is 2.69 bits per heavy atom. The number of nitrogens with zero attached hydrogens (tertiary/aromatic N) is 7. The van der Waals surface area contributed by atoms with E-state index in [0.29, 0.717) is 29.4 Å². The van der Waals surface area contributed by atoms with Gasteiger partial charge in [-0.15, -0.1) is 10.2 Å². The highest BCUT2D eigenvalue weighted by Gasteiger charge is 2.30. The van der Waals surface area contributed by atoms with Crippen molar-refractivity contribution in [3.63, 3.8) is 0 Å². The Morgan fingerprint density at radius 1 is 1.14 bits per heavy atom. The largest absolute Gasteiger partial charge is 0.331 e. The minimum atomic E-state index is -0.200. The van der Waals surface area contributed by atoms with Gasteiger partial charge in [0.15, 0.2) is 11.5 Å². The number of H-pyrrole nitrogens is 1. The Morgan fingerprint density at radius 2 is 1.93 bits per heavy atom. The van der Waals surface area contributed by atoms with Crippen LogP contribution >= 0.6 is 0 Å². The van der Waals surface area contributed by atoms with Crippen LogP contribution in [0.3, 0.4) is 0 Å². The number of hydrogen-bond donors (Lipinski definition) is 1. The first kappa shape index (κ1) is 17.6. The molecular weight excluding hydrogens is 368 g/mol. The molecule has 1 aromatic carbocycles. The molecule has 0 fully saturated rings. The van der Waals surface area contributed by atoms with Crippen molar-refractivity contribution < 1.29 is 0 Å².